The van der Waals surface area contributed by atoms with E-state index in [2.05, 4.69) is 13.8 Å². The molecule has 70 valence electrons. The van der Waals surface area contributed by atoms with Crippen molar-refractivity contribution in [2.45, 2.75) is 38.7 Å². The third-order valence-corrected chi connectivity index (χ3v) is 4.21. The molecule has 0 aromatic heterocycles. The molecule has 0 aliphatic heterocycles. The molecule has 2 fully saturated rings. The number of aliphatic hydroxyl groups excluding tert-OH is 1. The Bertz CT molecular complexity index is 202. The maximum Gasteiger partial charge on any atom is 0.0911 e. The van der Waals surface area contributed by atoms with Crippen LogP contribution in [0.15, 0.2) is 0 Å². The van der Waals surface area contributed by atoms with Gasteiger partial charge >= 0.3 is 0 Å². The molecule has 0 heterocycles. The third kappa shape index (κ3) is 0.826. The van der Waals surface area contributed by atoms with E-state index in [1.807, 2.05) is 0 Å². The SMILES string of the molecule is CC(C)[C@@]12CC[C@@](O)(CO)[C@@H]1C2. The largest absolute Gasteiger partial charge is 0.393 e. The van der Waals surface area contributed by atoms with E-state index in [1.54, 1.807) is 0 Å². The maximum absolute atomic E-state index is 9.97. The Labute approximate surface area is 73.6 Å². The molecular formula is C10H18O2. The second-order valence-corrected chi connectivity index (χ2v) is 4.91. The minimum atomic E-state index is -0.732. The molecule has 2 N–H and O–H groups in total. The van der Waals surface area contributed by atoms with Crippen LogP contribution in [0.25, 0.3) is 0 Å². The van der Waals surface area contributed by atoms with Crippen molar-refractivity contribution in [3.05, 3.63) is 0 Å². The van der Waals surface area contributed by atoms with Gasteiger partial charge in [0.1, 0.15) is 0 Å². The Balaban J connectivity index is 2.15. The predicted molar refractivity (Wildman–Crippen MR) is 46.6 cm³/mol. The first-order valence-electron chi connectivity index (χ1n) is 4.88. The molecule has 2 aliphatic rings. The Kier molecular flexibility index (Phi) is 1.59. The molecule has 2 saturated carbocycles. The van der Waals surface area contributed by atoms with Crippen molar-refractivity contribution in [1.82, 2.24) is 0 Å². The van der Waals surface area contributed by atoms with Gasteiger partial charge in [0.05, 0.1) is 12.2 Å². The van der Waals surface area contributed by atoms with Crippen molar-refractivity contribution in [2.75, 3.05) is 6.61 Å². The zero-order valence-corrected chi connectivity index (χ0v) is 7.88. The van der Waals surface area contributed by atoms with Crippen LogP contribution in [0.3, 0.4) is 0 Å². The molecule has 3 atom stereocenters. The van der Waals surface area contributed by atoms with Crippen molar-refractivity contribution in [1.29, 1.82) is 0 Å². The van der Waals surface area contributed by atoms with Crippen LogP contribution in [0.4, 0.5) is 0 Å². The number of hydrogen-bond donors (Lipinski definition) is 2. The van der Waals surface area contributed by atoms with Gasteiger partial charge in [-0.25, -0.2) is 0 Å². The lowest BCUT2D eigenvalue weighted by Gasteiger charge is -2.20. The lowest BCUT2D eigenvalue weighted by Crippen LogP contribution is -2.33. The third-order valence-electron chi connectivity index (χ3n) is 4.21. The summed E-state index contributed by atoms with van der Waals surface area (Å²) >= 11 is 0. The van der Waals surface area contributed by atoms with Gasteiger partial charge in [0, 0.05) is 0 Å². The van der Waals surface area contributed by atoms with E-state index < -0.39 is 5.60 Å². The molecule has 0 unspecified atom stereocenters. The highest BCUT2D eigenvalue weighted by Crippen LogP contribution is 2.70. The predicted octanol–water partition coefficient (Wildman–Crippen LogP) is 1.17. The molecule has 2 nitrogen and oxygen atoms in total. The number of hydrogen-bond acceptors (Lipinski definition) is 2. The second-order valence-electron chi connectivity index (χ2n) is 4.91. The number of rotatable bonds is 2. The Morgan fingerprint density at radius 1 is 1.42 bits per heavy atom. The van der Waals surface area contributed by atoms with Gasteiger partial charge in [0.2, 0.25) is 0 Å². The van der Waals surface area contributed by atoms with Crippen LogP contribution in [-0.2, 0) is 0 Å². The summed E-state index contributed by atoms with van der Waals surface area (Å²) in [5.74, 6) is 1.04. The topological polar surface area (TPSA) is 40.5 Å². The quantitative estimate of drug-likeness (QED) is 0.653. The molecule has 12 heavy (non-hydrogen) atoms. The van der Waals surface area contributed by atoms with Crippen LogP contribution >= 0.6 is 0 Å². The molecule has 0 amide bonds. The van der Waals surface area contributed by atoms with Gasteiger partial charge in [-0.05, 0) is 36.5 Å². The van der Waals surface area contributed by atoms with E-state index in [0.29, 0.717) is 17.3 Å². The molecule has 0 aromatic carbocycles. The van der Waals surface area contributed by atoms with Crippen molar-refractivity contribution in [3.8, 4) is 0 Å². The molecular weight excluding hydrogens is 152 g/mol. The van der Waals surface area contributed by atoms with Crippen molar-refractivity contribution in [3.63, 3.8) is 0 Å². The van der Waals surface area contributed by atoms with E-state index in [-0.39, 0.29) is 6.61 Å². The van der Waals surface area contributed by atoms with E-state index in [4.69, 9.17) is 5.11 Å². The lowest BCUT2D eigenvalue weighted by atomic mass is 9.90. The van der Waals surface area contributed by atoms with E-state index in [1.165, 1.54) is 0 Å². The molecule has 0 bridgehead atoms. The second kappa shape index (κ2) is 2.24. The Morgan fingerprint density at radius 2 is 2.08 bits per heavy atom. The fraction of sp³-hybridized carbons (Fsp3) is 1.00. The first-order chi connectivity index (χ1) is 5.55. The van der Waals surface area contributed by atoms with E-state index >= 15 is 0 Å². The standard InChI is InChI=1S/C10H18O2/c1-7(2)9-3-4-10(12,6-11)8(9)5-9/h7-8,11-12H,3-6H2,1-2H3/t8-,9+,10-/m1/s1. The highest BCUT2D eigenvalue weighted by atomic mass is 16.3. The number of fused-ring (bicyclic) bond motifs is 1. The van der Waals surface area contributed by atoms with Gasteiger partial charge < -0.3 is 10.2 Å². The molecule has 2 aliphatic carbocycles. The molecule has 0 radical (unpaired) electrons. The molecule has 2 heteroatoms. The first-order valence-corrected chi connectivity index (χ1v) is 4.88. The fourth-order valence-electron chi connectivity index (χ4n) is 3.06. The minimum absolute atomic E-state index is 0.0495. The van der Waals surface area contributed by atoms with Crippen LogP contribution in [-0.4, -0.2) is 22.4 Å². The lowest BCUT2D eigenvalue weighted by molar-refractivity contribution is -0.0281. The molecule has 0 saturated heterocycles. The van der Waals surface area contributed by atoms with Gasteiger partial charge in [-0.3, -0.25) is 0 Å². The van der Waals surface area contributed by atoms with E-state index in [9.17, 15) is 5.11 Å². The molecule has 0 aromatic rings. The van der Waals surface area contributed by atoms with Gasteiger partial charge in [-0.15, -0.1) is 0 Å². The number of aliphatic hydroxyl groups is 2. The van der Waals surface area contributed by atoms with Crippen LogP contribution in [0.2, 0.25) is 0 Å². The molecule has 2 rings (SSSR count). The first kappa shape index (κ1) is 8.52. The summed E-state index contributed by atoms with van der Waals surface area (Å²) in [5, 5.41) is 19.0. The van der Waals surface area contributed by atoms with Crippen molar-refractivity contribution >= 4 is 0 Å². The average Bonchev–Trinajstić information content (AvgIpc) is 2.72. The van der Waals surface area contributed by atoms with Gasteiger partial charge in [0.25, 0.3) is 0 Å². The summed E-state index contributed by atoms with van der Waals surface area (Å²) in [6.45, 7) is 4.40. The monoisotopic (exact) mass is 170 g/mol. The fourth-order valence-corrected chi connectivity index (χ4v) is 3.06. The highest BCUT2D eigenvalue weighted by Gasteiger charge is 2.68. The van der Waals surface area contributed by atoms with Crippen LogP contribution in [0, 0.1) is 17.3 Å². The summed E-state index contributed by atoms with van der Waals surface area (Å²) in [4.78, 5) is 0. The summed E-state index contributed by atoms with van der Waals surface area (Å²) in [7, 11) is 0. The summed E-state index contributed by atoms with van der Waals surface area (Å²) in [6.07, 6.45) is 3.03. The minimum Gasteiger partial charge on any atom is -0.393 e. The van der Waals surface area contributed by atoms with Crippen LogP contribution < -0.4 is 0 Å². The maximum atomic E-state index is 9.97. The Hall–Kier alpha value is -0.0800. The van der Waals surface area contributed by atoms with Crippen molar-refractivity contribution in [2.24, 2.45) is 17.3 Å². The zero-order valence-electron chi connectivity index (χ0n) is 7.88. The summed E-state index contributed by atoms with van der Waals surface area (Å²) in [5.41, 5.74) is -0.345. The normalized spacial score (nSPS) is 51.2. The van der Waals surface area contributed by atoms with Gasteiger partial charge in [0.15, 0.2) is 0 Å². The molecule has 0 spiro atoms. The summed E-state index contributed by atoms with van der Waals surface area (Å²) < 4.78 is 0. The average molecular weight is 170 g/mol. The Morgan fingerprint density at radius 3 is 2.33 bits per heavy atom. The van der Waals surface area contributed by atoms with Crippen molar-refractivity contribution < 1.29 is 10.2 Å². The summed E-state index contributed by atoms with van der Waals surface area (Å²) in [6, 6.07) is 0. The van der Waals surface area contributed by atoms with Gasteiger partial charge in [-0.2, -0.15) is 0 Å². The van der Waals surface area contributed by atoms with E-state index in [0.717, 1.165) is 19.3 Å². The zero-order chi connectivity index (χ0) is 8.98. The highest BCUT2D eigenvalue weighted by molar-refractivity contribution is 5.18. The van der Waals surface area contributed by atoms with Crippen LogP contribution in [0.1, 0.15) is 33.1 Å². The smallest absolute Gasteiger partial charge is 0.0911 e. The van der Waals surface area contributed by atoms with Gasteiger partial charge in [-0.1, -0.05) is 13.8 Å². The van der Waals surface area contributed by atoms with Crippen LogP contribution in [0.5, 0.6) is 0 Å².